The van der Waals surface area contributed by atoms with E-state index in [-0.39, 0.29) is 36.9 Å². The number of nitriles is 1. The molecule has 4 amide bonds. The van der Waals surface area contributed by atoms with Crippen LogP contribution in [0.1, 0.15) is 90.1 Å². The quantitative estimate of drug-likeness (QED) is 0.0402. The van der Waals surface area contributed by atoms with Crippen LogP contribution in [0.5, 0.6) is 5.75 Å². The van der Waals surface area contributed by atoms with Crippen molar-refractivity contribution in [3.8, 4) is 33.4 Å². The minimum absolute atomic E-state index is 0.0108. The van der Waals surface area contributed by atoms with Gasteiger partial charge in [-0.2, -0.15) is 18.4 Å². The smallest absolute Gasteiger partial charge is 0.417 e. The van der Waals surface area contributed by atoms with Crippen LogP contribution in [-0.2, 0) is 46.2 Å². The Morgan fingerprint density at radius 3 is 2.13 bits per heavy atom. The Balaban J connectivity index is 0.891. The third kappa shape index (κ3) is 13.3. The van der Waals surface area contributed by atoms with Crippen molar-refractivity contribution < 1.29 is 56.5 Å². The average Bonchev–Trinajstić information content (AvgIpc) is 4.17. The van der Waals surface area contributed by atoms with E-state index < -0.39 is 88.3 Å². The molecule has 0 radical (unpaired) electrons. The van der Waals surface area contributed by atoms with Crippen molar-refractivity contribution in [2.75, 3.05) is 36.2 Å². The largest absolute Gasteiger partial charge is 0.494 e. The Morgan fingerprint density at radius 2 is 1.53 bits per heavy atom. The summed E-state index contributed by atoms with van der Waals surface area (Å²) in [6.45, 7) is 13.2. The number of aliphatic hydroxyl groups is 1. The first-order chi connectivity index (χ1) is 36.7. The van der Waals surface area contributed by atoms with Gasteiger partial charge in [-0.05, 0) is 145 Å². The average molecular weight is 1110 g/mol. The van der Waals surface area contributed by atoms with Gasteiger partial charge in [-0.1, -0.05) is 48.5 Å². The SMILES string of the molecule is Cc1ncsc1-c1ccc(CNC(=O)[C@@H]2C[C@@H](O)CN2C(=O)C(NC(=O)COCCCCOc2ccc(-c3ccc(N4C(=S)N(c5ccc(C#N)c(C(F)(F)F)c5)C(=O)C4(C)C)cc3)cc2)C(C)(C)C(=O)OC(C)(C)C)cc1. The zero-order valence-corrected chi connectivity index (χ0v) is 46.2. The molecule has 2 aliphatic rings. The van der Waals surface area contributed by atoms with Gasteiger partial charge in [0.1, 0.15) is 35.6 Å². The first kappa shape index (κ1) is 58.4. The van der Waals surface area contributed by atoms with E-state index in [2.05, 4.69) is 15.6 Å². The van der Waals surface area contributed by atoms with E-state index in [9.17, 15) is 47.5 Å². The normalized spacial score (nSPS) is 16.9. The maximum absolute atomic E-state index is 14.5. The maximum atomic E-state index is 14.5. The van der Waals surface area contributed by atoms with Gasteiger partial charge in [0.15, 0.2) is 5.11 Å². The number of thiazole rings is 1. The molecule has 3 heterocycles. The van der Waals surface area contributed by atoms with Crippen molar-refractivity contribution >= 4 is 69.6 Å². The Hall–Kier alpha value is -7.25. The molecule has 412 valence electrons. The van der Waals surface area contributed by atoms with Crippen LogP contribution in [0.4, 0.5) is 24.5 Å². The molecule has 5 aromatic rings. The number of esters is 1. The zero-order valence-electron chi connectivity index (χ0n) is 44.5. The fourth-order valence-electron chi connectivity index (χ4n) is 9.08. The van der Waals surface area contributed by atoms with Crippen LogP contribution in [0.3, 0.4) is 0 Å². The third-order valence-electron chi connectivity index (χ3n) is 13.3. The fraction of sp³-hybridized carbons (Fsp3) is 0.404. The van der Waals surface area contributed by atoms with Crippen molar-refractivity contribution in [2.24, 2.45) is 5.41 Å². The van der Waals surface area contributed by atoms with E-state index >= 15 is 0 Å². The molecule has 2 aliphatic heterocycles. The maximum Gasteiger partial charge on any atom is 0.417 e. The van der Waals surface area contributed by atoms with E-state index in [4.69, 9.17) is 26.4 Å². The summed E-state index contributed by atoms with van der Waals surface area (Å²) in [6, 6.07) is 24.3. The molecule has 0 bridgehead atoms. The molecule has 0 aliphatic carbocycles. The number of thiocarbonyl (C=S) groups is 1. The lowest BCUT2D eigenvalue weighted by atomic mass is 9.83. The van der Waals surface area contributed by atoms with E-state index in [0.717, 1.165) is 49.9 Å². The predicted molar refractivity (Wildman–Crippen MR) is 292 cm³/mol. The number of carbonyl (C=O) groups is 5. The highest BCUT2D eigenvalue weighted by Crippen LogP contribution is 2.40. The minimum Gasteiger partial charge on any atom is -0.494 e. The first-order valence-corrected chi connectivity index (χ1v) is 26.5. The van der Waals surface area contributed by atoms with Crippen LogP contribution in [0.25, 0.3) is 21.6 Å². The number of carbonyl (C=O) groups excluding carboxylic acids is 5. The molecule has 0 saturated carbocycles. The van der Waals surface area contributed by atoms with Gasteiger partial charge in [-0.25, -0.2) is 4.98 Å². The number of ether oxygens (including phenoxy) is 3. The van der Waals surface area contributed by atoms with Crippen molar-refractivity contribution in [2.45, 2.75) is 117 Å². The molecule has 2 saturated heterocycles. The highest BCUT2D eigenvalue weighted by Gasteiger charge is 2.52. The highest BCUT2D eigenvalue weighted by molar-refractivity contribution is 7.81. The number of benzene rings is 4. The van der Waals surface area contributed by atoms with Crippen molar-refractivity contribution in [1.29, 1.82) is 5.26 Å². The number of anilines is 2. The molecule has 7 rings (SSSR count). The van der Waals surface area contributed by atoms with Gasteiger partial charge in [0.25, 0.3) is 5.91 Å². The number of unbranched alkanes of at least 4 members (excludes halogenated alkanes) is 1. The van der Waals surface area contributed by atoms with E-state index in [0.29, 0.717) is 30.9 Å². The lowest BCUT2D eigenvalue weighted by Gasteiger charge is -2.37. The number of rotatable bonds is 19. The van der Waals surface area contributed by atoms with Crippen LogP contribution in [0.15, 0.2) is 96.5 Å². The van der Waals surface area contributed by atoms with Crippen molar-refractivity contribution in [3.63, 3.8) is 0 Å². The van der Waals surface area contributed by atoms with Crippen LogP contribution in [0, 0.1) is 23.7 Å². The summed E-state index contributed by atoms with van der Waals surface area (Å²) in [7, 11) is 0. The molecule has 2 fully saturated rings. The number of alkyl halides is 3. The second kappa shape index (κ2) is 23.8. The summed E-state index contributed by atoms with van der Waals surface area (Å²) in [4.78, 5) is 78.1. The number of hydrogen-bond acceptors (Lipinski definition) is 13. The number of aromatic nitrogens is 1. The standard InChI is InChI=1S/C57H62F3N7O9S2/c1-34-47(78-33-63-34)38-13-11-35(12-14-38)30-62-49(70)45-28-42(68)31-65(45)50(71)48(55(5,6)52(73)76-54(2,3)4)64-46(69)32-74-25-9-10-26-75-43-23-18-37(19-24-43)36-15-20-40(21-16-36)67-53(77)66(51(72)56(67,7)8)41-22-17-39(29-61)44(27-41)57(58,59)60/h11-24,27,33,42,45,48,68H,9-10,25-26,28,30-32H2,1-8H3,(H,62,70)(H,64,69)/t42-,45+,48?/m1/s1. The zero-order chi connectivity index (χ0) is 56.9. The van der Waals surface area contributed by atoms with Gasteiger partial charge < -0.3 is 39.8 Å². The molecule has 0 spiro atoms. The summed E-state index contributed by atoms with van der Waals surface area (Å²) in [5, 5.41) is 25.5. The molecular formula is C57H62F3N7O9S2. The van der Waals surface area contributed by atoms with Crippen molar-refractivity contribution in [3.05, 3.63) is 119 Å². The topological polar surface area (TPSA) is 204 Å². The van der Waals surface area contributed by atoms with Crippen LogP contribution >= 0.6 is 23.6 Å². The fourth-order valence-corrected chi connectivity index (χ4v) is 10.4. The molecule has 1 unspecified atom stereocenters. The summed E-state index contributed by atoms with van der Waals surface area (Å²) in [5.74, 6) is -2.58. The predicted octanol–water partition coefficient (Wildman–Crippen LogP) is 8.90. The van der Waals surface area contributed by atoms with Crippen LogP contribution in [-0.4, -0.2) is 105 Å². The van der Waals surface area contributed by atoms with Gasteiger partial charge in [-0.15, -0.1) is 11.3 Å². The van der Waals surface area contributed by atoms with Crippen LogP contribution < -0.4 is 25.2 Å². The van der Waals surface area contributed by atoms with Gasteiger partial charge in [0.2, 0.25) is 17.7 Å². The Bertz CT molecular complexity index is 3080. The van der Waals surface area contributed by atoms with E-state index in [1.54, 1.807) is 63.2 Å². The molecule has 3 N–H and O–H groups in total. The molecule has 1 aromatic heterocycles. The molecule has 3 atom stereocenters. The van der Waals surface area contributed by atoms with Gasteiger partial charge in [0.05, 0.1) is 57.1 Å². The van der Waals surface area contributed by atoms with Gasteiger partial charge in [-0.3, -0.25) is 28.9 Å². The first-order valence-electron chi connectivity index (χ1n) is 25.2. The second-order valence-corrected chi connectivity index (χ2v) is 22.4. The summed E-state index contributed by atoms with van der Waals surface area (Å²) < 4.78 is 58.7. The lowest BCUT2D eigenvalue weighted by molar-refractivity contribution is -0.170. The Labute approximate surface area is 460 Å². The number of aliphatic hydroxyl groups excluding tert-OH is 1. The monoisotopic (exact) mass is 1110 g/mol. The molecule has 16 nitrogen and oxygen atoms in total. The number of halogens is 3. The second-order valence-electron chi connectivity index (χ2n) is 21.1. The summed E-state index contributed by atoms with van der Waals surface area (Å²) >= 11 is 7.21. The number of likely N-dealkylation sites (tertiary alicyclic amines) is 1. The number of β-amino-alcohol motifs (C(OH)–C–C–N with tert-alkyl or cyclic N) is 1. The molecular weight excluding hydrogens is 1050 g/mol. The lowest BCUT2D eigenvalue weighted by Crippen LogP contribution is -2.61. The Morgan fingerprint density at radius 1 is 0.910 bits per heavy atom. The molecule has 4 aromatic carbocycles. The van der Waals surface area contributed by atoms with E-state index in [1.807, 2.05) is 67.6 Å². The number of hydrogen-bond donors (Lipinski definition) is 3. The minimum atomic E-state index is -4.82. The highest BCUT2D eigenvalue weighted by atomic mass is 32.1. The number of aryl methyl sites for hydroxylation is 1. The summed E-state index contributed by atoms with van der Waals surface area (Å²) in [6.07, 6.45) is -4.80. The molecule has 21 heteroatoms. The van der Waals surface area contributed by atoms with Crippen molar-refractivity contribution in [1.82, 2.24) is 20.5 Å². The number of nitrogens with zero attached hydrogens (tertiary/aromatic N) is 5. The number of amides is 4. The van der Waals surface area contributed by atoms with E-state index in [1.165, 1.54) is 36.2 Å². The number of nitrogens with one attached hydrogen (secondary N) is 2. The van der Waals surface area contributed by atoms with Crippen LogP contribution in [0.2, 0.25) is 0 Å². The Kier molecular flexibility index (Phi) is 17.8. The summed E-state index contributed by atoms with van der Waals surface area (Å²) in [5.41, 5.74) is 1.16. The molecule has 78 heavy (non-hydrogen) atoms. The third-order valence-corrected chi connectivity index (χ3v) is 14.7. The van der Waals surface area contributed by atoms with Gasteiger partial charge in [0, 0.05) is 31.8 Å². The van der Waals surface area contributed by atoms with Gasteiger partial charge >= 0.3 is 12.1 Å².